The largest absolute Gasteiger partial charge is 0.480 e. The van der Waals surface area contributed by atoms with Crippen molar-refractivity contribution in [3.63, 3.8) is 0 Å². The average molecular weight is 359 g/mol. The smallest absolute Gasteiger partial charge is 0.327 e. The maximum atomic E-state index is 11.5. The van der Waals surface area contributed by atoms with E-state index in [1.807, 2.05) is 11.8 Å². The maximum absolute atomic E-state index is 11.5. The number of likely N-dealkylation sites (N-methyl/N-ethyl adjacent to an activating group) is 1. The molecule has 1 fully saturated rings. The number of cyclic esters (lactones) is 2. The topological polar surface area (TPSA) is 125 Å². The van der Waals surface area contributed by atoms with E-state index in [-0.39, 0.29) is 32.1 Å². The summed E-state index contributed by atoms with van der Waals surface area (Å²) >= 11 is 0. The third-order valence-corrected chi connectivity index (χ3v) is 3.60. The van der Waals surface area contributed by atoms with Crippen molar-refractivity contribution in [2.75, 3.05) is 52.4 Å². The Morgan fingerprint density at radius 2 is 1.96 bits per heavy atom. The molecule has 0 aliphatic carbocycles. The van der Waals surface area contributed by atoms with Gasteiger partial charge in [0.05, 0.1) is 26.2 Å². The highest BCUT2D eigenvalue weighted by molar-refractivity contribution is 5.90. The fourth-order valence-corrected chi connectivity index (χ4v) is 2.36. The van der Waals surface area contributed by atoms with Gasteiger partial charge in [-0.05, 0) is 13.5 Å². The number of esters is 3. The van der Waals surface area contributed by atoms with Crippen molar-refractivity contribution in [3.05, 3.63) is 0 Å². The van der Waals surface area contributed by atoms with Gasteiger partial charge in [-0.25, -0.2) is 0 Å². The number of carbonyl (C=O) groups is 4. The molecule has 0 aromatic carbocycles. The Bertz CT molecular complexity index is 482. The quantitative estimate of drug-likeness (QED) is 0.326. The molecule has 2 N–H and O–H groups in total. The van der Waals surface area contributed by atoms with Gasteiger partial charge in [-0.1, -0.05) is 6.92 Å². The Morgan fingerprint density at radius 1 is 1.32 bits per heavy atom. The van der Waals surface area contributed by atoms with E-state index in [2.05, 4.69) is 10.1 Å². The zero-order chi connectivity index (χ0) is 18.8. The van der Waals surface area contributed by atoms with Crippen LogP contribution >= 0.6 is 0 Å². The Balaban J connectivity index is 2.44. The Morgan fingerprint density at radius 3 is 2.48 bits per heavy atom. The minimum absolute atomic E-state index is 0.000173. The second kappa shape index (κ2) is 10.7. The number of ether oxygens (including phenoxy) is 2. The summed E-state index contributed by atoms with van der Waals surface area (Å²) < 4.78 is 9.29. The van der Waals surface area contributed by atoms with Gasteiger partial charge in [-0.3, -0.25) is 29.0 Å². The fourth-order valence-electron chi connectivity index (χ4n) is 2.36. The van der Waals surface area contributed by atoms with Crippen LogP contribution in [-0.4, -0.2) is 97.2 Å². The first-order valence-corrected chi connectivity index (χ1v) is 8.15. The molecule has 0 bridgehead atoms. The van der Waals surface area contributed by atoms with E-state index in [1.54, 1.807) is 6.92 Å². The lowest BCUT2D eigenvalue weighted by Crippen LogP contribution is -2.52. The van der Waals surface area contributed by atoms with Crippen LogP contribution in [0, 0.1) is 0 Å². The van der Waals surface area contributed by atoms with E-state index in [1.165, 1.54) is 4.90 Å². The lowest BCUT2D eigenvalue weighted by molar-refractivity contribution is -0.167. The Labute approximate surface area is 146 Å². The molecule has 0 spiro atoms. The second-order valence-corrected chi connectivity index (χ2v) is 5.53. The summed E-state index contributed by atoms with van der Waals surface area (Å²) in [7, 11) is 0. The summed E-state index contributed by atoms with van der Waals surface area (Å²) in [4.78, 5) is 48.6. The first-order valence-electron chi connectivity index (χ1n) is 8.15. The number of hydrogen-bond acceptors (Lipinski definition) is 9. The predicted molar refractivity (Wildman–Crippen MR) is 85.7 cm³/mol. The van der Waals surface area contributed by atoms with Crippen molar-refractivity contribution < 1.29 is 33.8 Å². The van der Waals surface area contributed by atoms with E-state index in [4.69, 9.17) is 4.74 Å². The van der Waals surface area contributed by atoms with Crippen molar-refractivity contribution in [1.82, 2.24) is 15.1 Å². The molecule has 1 saturated heterocycles. The molecule has 0 aromatic rings. The molecule has 0 amide bonds. The second-order valence-electron chi connectivity index (χ2n) is 5.53. The van der Waals surface area contributed by atoms with Crippen molar-refractivity contribution in [2.24, 2.45) is 0 Å². The standard InChI is InChI=1S/C15H25N3O7/c1-3-17(8-12(19)24-4-2)6-5-16-11(15(22)23)7-18-9-13(20)25-14(21)10-18/h11,16H,3-10H2,1-2H3,(H,22,23). The van der Waals surface area contributed by atoms with Crippen molar-refractivity contribution in [2.45, 2.75) is 19.9 Å². The minimum atomic E-state index is -1.08. The molecule has 0 aromatic heterocycles. The van der Waals surface area contributed by atoms with Crippen LogP contribution in [0.1, 0.15) is 13.8 Å². The Hall–Kier alpha value is -2.04. The van der Waals surface area contributed by atoms with Gasteiger partial charge in [-0.15, -0.1) is 0 Å². The van der Waals surface area contributed by atoms with Crippen molar-refractivity contribution in [3.8, 4) is 0 Å². The molecule has 0 saturated carbocycles. The molecule has 1 rings (SSSR count). The van der Waals surface area contributed by atoms with Crippen LogP contribution in [0.5, 0.6) is 0 Å². The van der Waals surface area contributed by atoms with Gasteiger partial charge in [-0.2, -0.15) is 0 Å². The van der Waals surface area contributed by atoms with Gasteiger partial charge < -0.3 is 19.9 Å². The minimum Gasteiger partial charge on any atom is -0.480 e. The summed E-state index contributed by atoms with van der Waals surface area (Å²) in [5.74, 6) is -2.79. The molecule has 1 heterocycles. The first kappa shape index (κ1) is 21.0. The van der Waals surface area contributed by atoms with Gasteiger partial charge in [0.15, 0.2) is 0 Å². The number of aliphatic carboxylic acids is 1. The monoisotopic (exact) mass is 359 g/mol. The summed E-state index contributed by atoms with van der Waals surface area (Å²) in [6, 6.07) is -0.944. The van der Waals surface area contributed by atoms with E-state index >= 15 is 0 Å². The number of morpholine rings is 1. The van der Waals surface area contributed by atoms with Gasteiger partial charge in [0.25, 0.3) is 0 Å². The molecular formula is C15H25N3O7. The lowest BCUT2D eigenvalue weighted by Gasteiger charge is -2.27. The highest BCUT2D eigenvalue weighted by Gasteiger charge is 2.29. The molecule has 10 nitrogen and oxygen atoms in total. The van der Waals surface area contributed by atoms with Gasteiger partial charge >= 0.3 is 23.9 Å². The van der Waals surface area contributed by atoms with Gasteiger partial charge in [0.2, 0.25) is 0 Å². The number of carbonyl (C=O) groups excluding carboxylic acids is 3. The molecular weight excluding hydrogens is 334 g/mol. The summed E-state index contributed by atoms with van der Waals surface area (Å²) in [5.41, 5.74) is 0. The summed E-state index contributed by atoms with van der Waals surface area (Å²) in [6.07, 6.45) is 0. The van der Waals surface area contributed by atoms with Crippen LogP contribution in [-0.2, 0) is 28.7 Å². The number of nitrogens with zero attached hydrogens (tertiary/aromatic N) is 2. The van der Waals surface area contributed by atoms with Crippen LogP contribution < -0.4 is 5.32 Å². The van der Waals surface area contributed by atoms with Crippen molar-refractivity contribution >= 4 is 23.9 Å². The SMILES string of the molecule is CCOC(=O)CN(CC)CCNC(CN1CC(=O)OC(=O)C1)C(=O)O. The predicted octanol–water partition coefficient (Wildman–Crippen LogP) is -1.70. The lowest BCUT2D eigenvalue weighted by atomic mass is 10.2. The average Bonchev–Trinajstić information content (AvgIpc) is 2.52. The first-order chi connectivity index (χ1) is 11.8. The summed E-state index contributed by atoms with van der Waals surface area (Å²) in [5, 5.41) is 12.2. The number of nitrogens with one attached hydrogen (secondary N) is 1. The summed E-state index contributed by atoms with van der Waals surface area (Å²) in [6.45, 7) is 5.22. The normalized spacial score (nSPS) is 16.6. The van der Waals surface area contributed by atoms with E-state index in [9.17, 15) is 24.3 Å². The van der Waals surface area contributed by atoms with E-state index in [0.717, 1.165) is 0 Å². The van der Waals surface area contributed by atoms with Crippen LogP contribution in [0.15, 0.2) is 0 Å². The zero-order valence-corrected chi connectivity index (χ0v) is 14.5. The molecule has 142 valence electrons. The number of carboxylic acid groups (broad SMARTS) is 1. The maximum Gasteiger partial charge on any atom is 0.327 e. The van der Waals surface area contributed by atoms with Crippen LogP contribution in [0.3, 0.4) is 0 Å². The van der Waals surface area contributed by atoms with E-state index in [0.29, 0.717) is 26.2 Å². The van der Waals surface area contributed by atoms with Crippen molar-refractivity contribution in [1.29, 1.82) is 0 Å². The molecule has 1 aliphatic heterocycles. The fraction of sp³-hybridized carbons (Fsp3) is 0.733. The number of rotatable bonds is 11. The van der Waals surface area contributed by atoms with Gasteiger partial charge in [0, 0.05) is 19.6 Å². The van der Waals surface area contributed by atoms with Crippen LogP contribution in [0.2, 0.25) is 0 Å². The molecule has 25 heavy (non-hydrogen) atoms. The third kappa shape index (κ3) is 8.05. The van der Waals surface area contributed by atoms with E-state index < -0.39 is 23.9 Å². The van der Waals surface area contributed by atoms with Crippen LogP contribution in [0.25, 0.3) is 0 Å². The van der Waals surface area contributed by atoms with Gasteiger partial charge in [0.1, 0.15) is 6.04 Å². The molecule has 0 radical (unpaired) electrons. The molecule has 1 unspecified atom stereocenters. The van der Waals surface area contributed by atoms with Crippen LogP contribution in [0.4, 0.5) is 0 Å². The highest BCUT2D eigenvalue weighted by Crippen LogP contribution is 2.02. The number of hydrogen-bond donors (Lipinski definition) is 2. The zero-order valence-electron chi connectivity index (χ0n) is 14.5. The number of carboxylic acids is 1. The molecule has 10 heteroatoms. The third-order valence-electron chi connectivity index (χ3n) is 3.60. The Kier molecular flexibility index (Phi) is 9.03. The molecule has 1 atom stereocenters. The highest BCUT2D eigenvalue weighted by atomic mass is 16.6. The molecule has 1 aliphatic rings.